The number of carbonyl (C=O) groups is 1. The molecule has 0 saturated heterocycles. The highest BCUT2D eigenvalue weighted by Gasteiger charge is 2.51. The van der Waals surface area contributed by atoms with E-state index in [-0.39, 0.29) is 16.9 Å². The summed E-state index contributed by atoms with van der Waals surface area (Å²) in [6.07, 6.45) is 7.98. The Morgan fingerprint density at radius 1 is 0.969 bits per heavy atom. The van der Waals surface area contributed by atoms with E-state index >= 15 is 0 Å². The molecule has 0 radical (unpaired) electrons. The molecular weight excluding hydrogens is 422 g/mol. The second-order valence-electron chi connectivity index (χ2n) is 10.2. The maximum absolute atomic E-state index is 13.1. The molecule has 0 atom stereocenters. The van der Waals surface area contributed by atoms with Crippen LogP contribution in [0.2, 0.25) is 5.02 Å². The zero-order valence-corrected chi connectivity index (χ0v) is 18.6. The smallest absolute Gasteiger partial charge is 0.273 e. The van der Waals surface area contributed by atoms with E-state index in [0.29, 0.717) is 22.5 Å². The third-order valence-electron chi connectivity index (χ3n) is 7.85. The molecule has 0 spiro atoms. The van der Waals surface area contributed by atoms with Crippen molar-refractivity contribution in [3.63, 3.8) is 0 Å². The maximum atomic E-state index is 13.1. The fourth-order valence-electron chi connectivity index (χ4n) is 7.09. The number of benzene rings is 2. The van der Waals surface area contributed by atoms with Gasteiger partial charge in [0.25, 0.3) is 5.56 Å². The largest absolute Gasteiger partial charge is 0.294 e. The summed E-state index contributed by atoms with van der Waals surface area (Å²) in [6.45, 7) is 0. The zero-order chi connectivity index (χ0) is 21.9. The van der Waals surface area contributed by atoms with Gasteiger partial charge in [-0.25, -0.2) is 5.43 Å². The van der Waals surface area contributed by atoms with E-state index in [2.05, 4.69) is 10.5 Å². The topological polar surface area (TPSA) is 64.0 Å². The molecule has 0 unspecified atom stereocenters. The van der Waals surface area contributed by atoms with E-state index in [1.165, 1.54) is 19.3 Å². The van der Waals surface area contributed by atoms with Crippen LogP contribution in [0.4, 0.5) is 0 Å². The number of fused-ring (bicyclic) bond motifs is 1. The molecule has 5 nitrogen and oxygen atoms in total. The normalized spacial score (nSPS) is 28.2. The second-order valence-corrected chi connectivity index (χ2v) is 10.7. The number of hydrogen-bond donors (Lipinski definition) is 1. The molecule has 1 amide bonds. The monoisotopic (exact) mass is 447 g/mol. The van der Waals surface area contributed by atoms with Crippen molar-refractivity contribution in [1.29, 1.82) is 0 Å². The lowest BCUT2D eigenvalue weighted by molar-refractivity contribution is -0.125. The molecule has 4 aliphatic carbocycles. The Morgan fingerprint density at radius 3 is 2.19 bits per heavy atom. The Hall–Kier alpha value is -2.66. The van der Waals surface area contributed by atoms with E-state index in [1.807, 2.05) is 30.3 Å². The minimum Gasteiger partial charge on any atom is -0.273 e. The molecule has 1 aromatic heterocycles. The van der Waals surface area contributed by atoms with Crippen molar-refractivity contribution in [1.82, 2.24) is 9.89 Å². The van der Waals surface area contributed by atoms with E-state index in [0.717, 1.165) is 52.8 Å². The van der Waals surface area contributed by atoms with Crippen molar-refractivity contribution in [2.75, 3.05) is 5.43 Å². The van der Waals surface area contributed by atoms with Gasteiger partial charge in [0.05, 0.1) is 5.39 Å². The molecule has 4 aliphatic rings. The van der Waals surface area contributed by atoms with Crippen molar-refractivity contribution >= 4 is 28.3 Å². The first-order valence-corrected chi connectivity index (χ1v) is 11.9. The van der Waals surface area contributed by atoms with Crippen LogP contribution in [-0.4, -0.2) is 15.8 Å². The number of nitrogens with zero attached hydrogens (tertiary/aromatic N) is 2. The van der Waals surface area contributed by atoms with Crippen LogP contribution in [0.5, 0.6) is 0 Å². The van der Waals surface area contributed by atoms with E-state index in [9.17, 15) is 9.59 Å². The Labute approximate surface area is 191 Å². The van der Waals surface area contributed by atoms with E-state index < -0.39 is 0 Å². The van der Waals surface area contributed by atoms with Gasteiger partial charge < -0.3 is 0 Å². The van der Waals surface area contributed by atoms with Crippen molar-refractivity contribution < 1.29 is 4.79 Å². The van der Waals surface area contributed by atoms with Crippen LogP contribution < -0.4 is 11.0 Å². The van der Waals surface area contributed by atoms with Crippen LogP contribution in [0, 0.1) is 23.2 Å². The molecule has 32 heavy (non-hydrogen) atoms. The molecular formula is C26H26ClN3O2. The van der Waals surface area contributed by atoms with Crippen LogP contribution >= 0.6 is 11.6 Å². The van der Waals surface area contributed by atoms with Crippen molar-refractivity contribution in [2.45, 2.75) is 44.9 Å². The van der Waals surface area contributed by atoms with Crippen LogP contribution in [0.1, 0.15) is 44.9 Å². The SMILES string of the molecule is O=C(CC12CC3CC(CC(C3)C1)C2)Nn1nc(-c2ccc(Cl)cc2)c2ccccc2c1=O. The number of carbonyl (C=O) groups excluding carboxylic acids is 1. The number of amides is 1. The van der Waals surface area contributed by atoms with Gasteiger partial charge in [-0.2, -0.15) is 0 Å². The summed E-state index contributed by atoms with van der Waals surface area (Å²) in [6, 6.07) is 14.7. The number of hydrogen-bond acceptors (Lipinski definition) is 3. The molecule has 0 aliphatic heterocycles. The summed E-state index contributed by atoms with van der Waals surface area (Å²) in [4.78, 5) is 27.4. The lowest BCUT2D eigenvalue weighted by atomic mass is 9.49. The molecule has 3 aromatic rings. The first-order valence-electron chi connectivity index (χ1n) is 11.6. The standard InChI is InChI=1S/C26H26ClN3O2/c27-20-7-5-19(6-8-20)24-21-3-1-2-4-22(21)25(32)30(29-24)28-23(31)15-26-12-16-9-17(13-26)11-18(10-16)14-26/h1-8,16-18H,9-15H2,(H,28,31). The van der Waals surface area contributed by atoms with E-state index in [1.54, 1.807) is 18.2 Å². The van der Waals surface area contributed by atoms with Gasteiger partial charge in [-0.3, -0.25) is 9.59 Å². The lowest BCUT2D eigenvalue weighted by Crippen LogP contribution is -2.48. The molecule has 6 heteroatoms. The van der Waals surface area contributed by atoms with Crippen LogP contribution in [0.25, 0.3) is 22.0 Å². The van der Waals surface area contributed by atoms with Crippen LogP contribution in [-0.2, 0) is 4.79 Å². The molecule has 4 bridgehead atoms. The molecule has 2 aromatic carbocycles. The van der Waals surface area contributed by atoms with Gasteiger partial charge in [0.2, 0.25) is 5.91 Å². The number of nitrogens with one attached hydrogen (secondary N) is 1. The summed E-state index contributed by atoms with van der Waals surface area (Å²) in [5.74, 6) is 2.24. The Kier molecular flexibility index (Phi) is 4.65. The average Bonchev–Trinajstić information content (AvgIpc) is 2.75. The maximum Gasteiger partial charge on any atom is 0.294 e. The highest BCUT2D eigenvalue weighted by atomic mass is 35.5. The Bertz CT molecular complexity index is 1230. The van der Waals surface area contributed by atoms with Crippen LogP contribution in [0.15, 0.2) is 53.3 Å². The first kappa shape index (κ1) is 20.0. The van der Waals surface area contributed by atoms with Gasteiger partial charge in [0.1, 0.15) is 5.69 Å². The Balaban J connectivity index is 1.33. The molecule has 164 valence electrons. The fourth-order valence-corrected chi connectivity index (χ4v) is 7.22. The Morgan fingerprint density at radius 2 is 1.56 bits per heavy atom. The van der Waals surface area contributed by atoms with Crippen molar-refractivity contribution in [3.05, 3.63) is 63.9 Å². The van der Waals surface area contributed by atoms with E-state index in [4.69, 9.17) is 11.6 Å². The van der Waals surface area contributed by atoms with Gasteiger partial charge >= 0.3 is 0 Å². The lowest BCUT2D eigenvalue weighted by Gasteiger charge is -2.56. The number of aromatic nitrogens is 2. The quantitative estimate of drug-likeness (QED) is 0.582. The molecule has 1 heterocycles. The molecule has 1 N–H and O–H groups in total. The average molecular weight is 448 g/mol. The third kappa shape index (κ3) is 3.43. The summed E-state index contributed by atoms with van der Waals surface area (Å²) in [5.41, 5.74) is 4.12. The zero-order valence-electron chi connectivity index (χ0n) is 17.9. The predicted octanol–water partition coefficient (Wildman–Crippen LogP) is 5.39. The highest BCUT2D eigenvalue weighted by Crippen LogP contribution is 2.61. The number of rotatable bonds is 4. The molecule has 4 fully saturated rings. The van der Waals surface area contributed by atoms with Crippen molar-refractivity contribution in [3.8, 4) is 11.3 Å². The minimum absolute atomic E-state index is 0.109. The van der Waals surface area contributed by atoms with Gasteiger partial charge in [-0.05, 0) is 79.9 Å². The van der Waals surface area contributed by atoms with Gasteiger partial charge in [0.15, 0.2) is 0 Å². The summed E-state index contributed by atoms with van der Waals surface area (Å²) in [5, 5.41) is 6.48. The van der Waals surface area contributed by atoms with Crippen LogP contribution in [0.3, 0.4) is 0 Å². The fraction of sp³-hybridized carbons (Fsp3) is 0.423. The number of halogens is 1. The second kappa shape index (κ2) is 7.45. The third-order valence-corrected chi connectivity index (χ3v) is 8.11. The summed E-state index contributed by atoms with van der Waals surface area (Å²) >= 11 is 6.06. The van der Waals surface area contributed by atoms with Gasteiger partial charge in [0, 0.05) is 22.4 Å². The summed E-state index contributed by atoms with van der Waals surface area (Å²) < 4.78 is 0. The first-order chi connectivity index (χ1) is 15.5. The van der Waals surface area contributed by atoms with Gasteiger partial charge in [-0.15, -0.1) is 9.89 Å². The predicted molar refractivity (Wildman–Crippen MR) is 126 cm³/mol. The molecule has 4 saturated carbocycles. The molecule has 7 rings (SSSR count). The van der Waals surface area contributed by atoms with Gasteiger partial charge in [-0.1, -0.05) is 41.9 Å². The highest BCUT2D eigenvalue weighted by molar-refractivity contribution is 6.30. The van der Waals surface area contributed by atoms with Crippen molar-refractivity contribution in [2.24, 2.45) is 23.2 Å². The minimum atomic E-state index is -0.308. The summed E-state index contributed by atoms with van der Waals surface area (Å²) in [7, 11) is 0.